The van der Waals surface area contributed by atoms with Gasteiger partial charge in [0, 0.05) is 26.1 Å². The molecule has 100 valence electrons. The van der Waals surface area contributed by atoms with E-state index in [1.807, 2.05) is 6.07 Å². The quantitative estimate of drug-likeness (QED) is 0.804. The van der Waals surface area contributed by atoms with E-state index in [0.717, 1.165) is 29.2 Å². The fraction of sp³-hybridized carbons (Fsp3) is 0.333. The first-order valence-corrected chi connectivity index (χ1v) is 7.18. The van der Waals surface area contributed by atoms with Crippen LogP contribution in [-0.2, 0) is 13.0 Å². The van der Waals surface area contributed by atoms with Gasteiger partial charge in [0.1, 0.15) is 16.2 Å². The van der Waals surface area contributed by atoms with E-state index in [0.29, 0.717) is 0 Å². The van der Waals surface area contributed by atoms with E-state index in [1.165, 1.54) is 11.1 Å². The third-order valence-electron chi connectivity index (χ3n) is 2.94. The summed E-state index contributed by atoms with van der Waals surface area (Å²) in [5, 5.41) is 0. The third kappa shape index (κ3) is 3.77. The summed E-state index contributed by atoms with van der Waals surface area (Å²) < 4.78 is 0.838. The number of anilines is 1. The number of hydrogen-bond donors (Lipinski definition) is 0. The summed E-state index contributed by atoms with van der Waals surface area (Å²) in [5.74, 6) is 1.81. The standard InChI is InChI=1S/C15H18BrN3/c1-4-14-17-13(16)9-15(18-14)19(3)10-12-7-5-6-11(2)8-12/h5-9H,4,10H2,1-3H3. The molecule has 0 aliphatic rings. The van der Waals surface area contributed by atoms with Crippen LogP contribution in [-0.4, -0.2) is 17.0 Å². The van der Waals surface area contributed by atoms with Gasteiger partial charge < -0.3 is 4.90 Å². The Balaban J connectivity index is 2.20. The Morgan fingerprint density at radius 2 is 2.00 bits per heavy atom. The van der Waals surface area contributed by atoms with Gasteiger partial charge in [-0.3, -0.25) is 0 Å². The molecule has 0 saturated heterocycles. The molecule has 0 bridgehead atoms. The van der Waals surface area contributed by atoms with E-state index in [-0.39, 0.29) is 0 Å². The minimum atomic E-state index is 0.838. The number of halogens is 1. The molecule has 0 unspecified atom stereocenters. The molecule has 0 fully saturated rings. The molecule has 0 atom stereocenters. The van der Waals surface area contributed by atoms with E-state index in [4.69, 9.17) is 0 Å². The van der Waals surface area contributed by atoms with Gasteiger partial charge in [-0.1, -0.05) is 36.8 Å². The molecule has 0 aliphatic heterocycles. The van der Waals surface area contributed by atoms with Gasteiger partial charge in [-0.25, -0.2) is 9.97 Å². The molecular formula is C15H18BrN3. The first-order valence-electron chi connectivity index (χ1n) is 6.38. The number of hydrogen-bond acceptors (Lipinski definition) is 3. The Labute approximate surface area is 122 Å². The summed E-state index contributed by atoms with van der Waals surface area (Å²) in [6.07, 6.45) is 0.838. The van der Waals surface area contributed by atoms with Crippen LogP contribution in [0.25, 0.3) is 0 Å². The van der Waals surface area contributed by atoms with Gasteiger partial charge in [0.2, 0.25) is 0 Å². The minimum Gasteiger partial charge on any atom is -0.355 e. The molecule has 0 aliphatic carbocycles. The summed E-state index contributed by atoms with van der Waals surface area (Å²) in [7, 11) is 2.05. The Morgan fingerprint density at radius 1 is 1.21 bits per heavy atom. The molecule has 0 saturated carbocycles. The number of benzene rings is 1. The van der Waals surface area contributed by atoms with Gasteiger partial charge in [0.15, 0.2) is 0 Å². The van der Waals surface area contributed by atoms with Crippen LogP contribution >= 0.6 is 15.9 Å². The second-order valence-electron chi connectivity index (χ2n) is 4.66. The number of aryl methyl sites for hydroxylation is 2. The molecule has 0 N–H and O–H groups in total. The van der Waals surface area contributed by atoms with E-state index in [2.05, 4.69) is 76.0 Å². The zero-order valence-electron chi connectivity index (χ0n) is 11.5. The Morgan fingerprint density at radius 3 is 2.68 bits per heavy atom. The van der Waals surface area contributed by atoms with Crippen molar-refractivity contribution < 1.29 is 0 Å². The van der Waals surface area contributed by atoms with Crippen LogP contribution in [0.5, 0.6) is 0 Å². The van der Waals surface area contributed by atoms with Crippen molar-refractivity contribution in [1.29, 1.82) is 0 Å². The van der Waals surface area contributed by atoms with Crippen LogP contribution in [0.1, 0.15) is 23.9 Å². The van der Waals surface area contributed by atoms with Crippen molar-refractivity contribution in [2.24, 2.45) is 0 Å². The molecule has 2 rings (SSSR count). The van der Waals surface area contributed by atoms with Crippen LogP contribution in [0.4, 0.5) is 5.82 Å². The molecular weight excluding hydrogens is 302 g/mol. The normalized spacial score (nSPS) is 10.5. The maximum atomic E-state index is 4.56. The lowest BCUT2D eigenvalue weighted by atomic mass is 10.1. The van der Waals surface area contributed by atoms with Crippen LogP contribution in [0, 0.1) is 6.92 Å². The molecule has 1 aromatic carbocycles. The molecule has 19 heavy (non-hydrogen) atoms. The highest BCUT2D eigenvalue weighted by Gasteiger charge is 2.07. The van der Waals surface area contributed by atoms with Crippen molar-refractivity contribution in [3.05, 3.63) is 51.9 Å². The minimum absolute atomic E-state index is 0.838. The summed E-state index contributed by atoms with van der Waals surface area (Å²) >= 11 is 3.44. The maximum Gasteiger partial charge on any atom is 0.133 e. The fourth-order valence-electron chi connectivity index (χ4n) is 1.97. The number of aromatic nitrogens is 2. The Kier molecular flexibility index (Phi) is 4.53. The predicted molar refractivity (Wildman–Crippen MR) is 82.4 cm³/mol. The van der Waals surface area contributed by atoms with Crippen LogP contribution in [0.3, 0.4) is 0 Å². The Hall–Kier alpha value is -1.42. The summed E-state index contributed by atoms with van der Waals surface area (Å²) in [6.45, 7) is 5.01. The summed E-state index contributed by atoms with van der Waals surface area (Å²) in [6, 6.07) is 10.5. The van der Waals surface area contributed by atoms with Gasteiger partial charge >= 0.3 is 0 Å². The highest BCUT2D eigenvalue weighted by molar-refractivity contribution is 9.10. The lowest BCUT2D eigenvalue weighted by molar-refractivity contribution is 0.852. The van der Waals surface area contributed by atoms with Crippen LogP contribution in [0.15, 0.2) is 34.9 Å². The van der Waals surface area contributed by atoms with Gasteiger partial charge in [0.25, 0.3) is 0 Å². The largest absolute Gasteiger partial charge is 0.355 e. The average Bonchev–Trinajstić information content (AvgIpc) is 2.38. The molecule has 0 amide bonds. The van der Waals surface area contributed by atoms with Crippen molar-refractivity contribution in [3.63, 3.8) is 0 Å². The van der Waals surface area contributed by atoms with Crippen molar-refractivity contribution in [2.75, 3.05) is 11.9 Å². The molecule has 4 heteroatoms. The van der Waals surface area contributed by atoms with Gasteiger partial charge in [-0.05, 0) is 28.4 Å². The molecule has 1 heterocycles. The second-order valence-corrected chi connectivity index (χ2v) is 5.48. The van der Waals surface area contributed by atoms with Gasteiger partial charge in [-0.2, -0.15) is 0 Å². The van der Waals surface area contributed by atoms with Crippen molar-refractivity contribution >= 4 is 21.7 Å². The van der Waals surface area contributed by atoms with E-state index in [1.54, 1.807) is 0 Å². The number of nitrogens with zero attached hydrogens (tertiary/aromatic N) is 3. The first kappa shape index (κ1) is 14.0. The topological polar surface area (TPSA) is 29.0 Å². The second kappa shape index (κ2) is 6.15. The monoisotopic (exact) mass is 319 g/mol. The fourth-order valence-corrected chi connectivity index (χ4v) is 2.38. The van der Waals surface area contributed by atoms with Crippen LogP contribution < -0.4 is 4.90 Å². The highest BCUT2D eigenvalue weighted by Crippen LogP contribution is 2.18. The zero-order valence-corrected chi connectivity index (χ0v) is 13.1. The van der Waals surface area contributed by atoms with Crippen molar-refractivity contribution in [1.82, 2.24) is 9.97 Å². The predicted octanol–water partition coefficient (Wildman–Crippen LogP) is 3.75. The van der Waals surface area contributed by atoms with Crippen molar-refractivity contribution in [2.45, 2.75) is 26.8 Å². The lowest BCUT2D eigenvalue weighted by Gasteiger charge is -2.19. The summed E-state index contributed by atoms with van der Waals surface area (Å²) in [4.78, 5) is 11.0. The van der Waals surface area contributed by atoms with Crippen LogP contribution in [0.2, 0.25) is 0 Å². The van der Waals surface area contributed by atoms with Crippen molar-refractivity contribution in [3.8, 4) is 0 Å². The smallest absolute Gasteiger partial charge is 0.133 e. The molecule has 2 aromatic rings. The summed E-state index contributed by atoms with van der Waals surface area (Å²) in [5.41, 5.74) is 2.57. The average molecular weight is 320 g/mol. The molecule has 0 radical (unpaired) electrons. The van der Waals surface area contributed by atoms with E-state index < -0.39 is 0 Å². The molecule has 3 nitrogen and oxygen atoms in total. The van der Waals surface area contributed by atoms with E-state index in [9.17, 15) is 0 Å². The lowest BCUT2D eigenvalue weighted by Crippen LogP contribution is -2.18. The zero-order chi connectivity index (χ0) is 13.8. The maximum absolute atomic E-state index is 4.56. The number of rotatable bonds is 4. The third-order valence-corrected chi connectivity index (χ3v) is 3.34. The molecule has 1 aromatic heterocycles. The van der Waals surface area contributed by atoms with Gasteiger partial charge in [0.05, 0.1) is 0 Å². The first-order chi connectivity index (χ1) is 9.08. The highest BCUT2D eigenvalue weighted by atomic mass is 79.9. The SMILES string of the molecule is CCc1nc(Br)cc(N(C)Cc2cccc(C)c2)n1. The van der Waals surface area contributed by atoms with Gasteiger partial charge in [-0.15, -0.1) is 0 Å². The van der Waals surface area contributed by atoms with E-state index >= 15 is 0 Å². The Bertz CT molecular complexity index is 569. The molecule has 0 spiro atoms.